The topological polar surface area (TPSA) is 86.7 Å². The summed E-state index contributed by atoms with van der Waals surface area (Å²) in [7, 11) is 0. The van der Waals surface area contributed by atoms with Crippen LogP contribution in [0.25, 0.3) is 0 Å². The normalized spacial score (nSPS) is 23.3. The average molecular weight is 282 g/mol. The van der Waals surface area contributed by atoms with E-state index in [9.17, 15) is 14.4 Å². The van der Waals surface area contributed by atoms with Crippen LogP contribution in [0.3, 0.4) is 0 Å². The summed E-state index contributed by atoms with van der Waals surface area (Å²) >= 11 is 0. The number of carbonyl (C=O) groups is 3. The Labute approximate surface area is 118 Å². The first-order valence-electron chi connectivity index (χ1n) is 7.37. The summed E-state index contributed by atoms with van der Waals surface area (Å²) in [6.45, 7) is 0.882. The highest BCUT2D eigenvalue weighted by Gasteiger charge is 2.38. The third kappa shape index (κ3) is 3.71. The largest absolute Gasteiger partial charge is 0.481 e. The van der Waals surface area contributed by atoms with Gasteiger partial charge in [0.1, 0.15) is 0 Å². The maximum Gasteiger partial charge on any atom is 0.303 e. The van der Waals surface area contributed by atoms with Crippen molar-refractivity contribution in [3.8, 4) is 0 Å². The van der Waals surface area contributed by atoms with Crippen molar-refractivity contribution in [2.45, 2.75) is 51.0 Å². The summed E-state index contributed by atoms with van der Waals surface area (Å²) < 4.78 is 0. The van der Waals surface area contributed by atoms with Crippen molar-refractivity contribution in [1.82, 2.24) is 10.2 Å². The minimum absolute atomic E-state index is 0.0536. The van der Waals surface area contributed by atoms with E-state index in [-0.39, 0.29) is 24.2 Å². The lowest BCUT2D eigenvalue weighted by atomic mass is 10.1. The van der Waals surface area contributed by atoms with Gasteiger partial charge in [-0.2, -0.15) is 0 Å². The van der Waals surface area contributed by atoms with Crippen LogP contribution >= 0.6 is 0 Å². The molecule has 1 atom stereocenters. The second-order valence-corrected chi connectivity index (χ2v) is 5.67. The van der Waals surface area contributed by atoms with E-state index in [4.69, 9.17) is 5.11 Å². The van der Waals surface area contributed by atoms with E-state index < -0.39 is 5.97 Å². The molecule has 1 aliphatic heterocycles. The van der Waals surface area contributed by atoms with Crippen LogP contribution < -0.4 is 5.32 Å². The average Bonchev–Trinajstić information content (AvgIpc) is 3.02. The monoisotopic (exact) mass is 282 g/mol. The van der Waals surface area contributed by atoms with Crippen LogP contribution in [0.2, 0.25) is 0 Å². The molecule has 0 spiro atoms. The van der Waals surface area contributed by atoms with Crippen molar-refractivity contribution in [1.29, 1.82) is 0 Å². The van der Waals surface area contributed by atoms with Crippen LogP contribution in [0.15, 0.2) is 0 Å². The standard InChI is InChI=1S/C14H22N2O4/c17-12-8-10(9-16(12)11-4-1-2-5-11)14(20)15-7-3-6-13(18)19/h10-11H,1-9H2,(H,15,20)(H,18,19)/t10-/m0/s1. The zero-order chi connectivity index (χ0) is 14.5. The van der Waals surface area contributed by atoms with E-state index in [2.05, 4.69) is 5.32 Å². The van der Waals surface area contributed by atoms with Crippen LogP contribution in [-0.4, -0.2) is 46.9 Å². The number of rotatable bonds is 6. The van der Waals surface area contributed by atoms with Crippen LogP contribution in [0.5, 0.6) is 0 Å². The Morgan fingerprint density at radius 1 is 1.30 bits per heavy atom. The molecule has 0 aromatic heterocycles. The predicted octanol–water partition coefficient (Wildman–Crippen LogP) is 0.758. The molecule has 1 aliphatic carbocycles. The molecular formula is C14H22N2O4. The van der Waals surface area contributed by atoms with E-state index in [1.54, 1.807) is 0 Å². The molecule has 2 rings (SSSR count). The maximum atomic E-state index is 12.0. The fraction of sp³-hybridized carbons (Fsp3) is 0.786. The summed E-state index contributed by atoms with van der Waals surface area (Å²) in [5.74, 6) is -1.16. The lowest BCUT2D eigenvalue weighted by molar-refractivity contribution is -0.137. The molecule has 1 saturated carbocycles. The molecule has 2 N–H and O–H groups in total. The fourth-order valence-electron chi connectivity index (χ4n) is 3.07. The number of hydrogen-bond acceptors (Lipinski definition) is 3. The molecule has 0 unspecified atom stereocenters. The van der Waals surface area contributed by atoms with Gasteiger partial charge in [-0.3, -0.25) is 14.4 Å². The van der Waals surface area contributed by atoms with E-state index in [0.29, 0.717) is 32.0 Å². The van der Waals surface area contributed by atoms with Crippen molar-refractivity contribution in [2.75, 3.05) is 13.1 Å². The Morgan fingerprint density at radius 3 is 2.65 bits per heavy atom. The van der Waals surface area contributed by atoms with Crippen molar-refractivity contribution in [3.63, 3.8) is 0 Å². The van der Waals surface area contributed by atoms with Crippen molar-refractivity contribution < 1.29 is 19.5 Å². The number of nitrogens with zero attached hydrogens (tertiary/aromatic N) is 1. The molecule has 1 saturated heterocycles. The van der Waals surface area contributed by atoms with Gasteiger partial charge in [0.25, 0.3) is 0 Å². The molecule has 2 amide bonds. The number of hydrogen-bond donors (Lipinski definition) is 2. The zero-order valence-corrected chi connectivity index (χ0v) is 11.6. The molecule has 0 aromatic carbocycles. The first-order valence-corrected chi connectivity index (χ1v) is 7.37. The van der Waals surface area contributed by atoms with E-state index in [1.165, 1.54) is 12.8 Å². The number of aliphatic carboxylic acids is 1. The highest BCUT2D eigenvalue weighted by Crippen LogP contribution is 2.29. The smallest absolute Gasteiger partial charge is 0.303 e. The number of carbonyl (C=O) groups excluding carboxylic acids is 2. The van der Waals surface area contributed by atoms with Crippen molar-refractivity contribution in [2.24, 2.45) is 5.92 Å². The van der Waals surface area contributed by atoms with Gasteiger partial charge in [0.2, 0.25) is 11.8 Å². The number of amides is 2. The molecule has 2 aliphatic rings. The number of carboxylic acid groups (broad SMARTS) is 1. The molecule has 0 aromatic rings. The number of likely N-dealkylation sites (tertiary alicyclic amines) is 1. The van der Waals surface area contributed by atoms with Crippen molar-refractivity contribution >= 4 is 17.8 Å². The first-order chi connectivity index (χ1) is 9.58. The lowest BCUT2D eigenvalue weighted by Crippen LogP contribution is -2.37. The second kappa shape index (κ2) is 6.72. The Kier molecular flexibility index (Phi) is 4.98. The summed E-state index contributed by atoms with van der Waals surface area (Å²) in [6.07, 6.45) is 5.21. The molecule has 1 heterocycles. The van der Waals surface area contributed by atoms with Gasteiger partial charge < -0.3 is 15.3 Å². The van der Waals surface area contributed by atoms with Gasteiger partial charge in [-0.25, -0.2) is 0 Å². The molecular weight excluding hydrogens is 260 g/mol. The van der Waals surface area contributed by atoms with Gasteiger partial charge in [-0.1, -0.05) is 12.8 Å². The zero-order valence-electron chi connectivity index (χ0n) is 11.6. The SMILES string of the molecule is O=C(O)CCCNC(=O)[C@H]1CC(=O)N(C2CCCC2)C1. The molecule has 6 heteroatoms. The van der Waals surface area contributed by atoms with E-state index >= 15 is 0 Å². The molecule has 2 fully saturated rings. The Hall–Kier alpha value is -1.59. The first kappa shape index (κ1) is 14.8. The van der Waals surface area contributed by atoms with Gasteiger partial charge in [-0.05, 0) is 19.3 Å². The van der Waals surface area contributed by atoms with Crippen LogP contribution in [0.4, 0.5) is 0 Å². The third-order valence-corrected chi connectivity index (χ3v) is 4.16. The van der Waals surface area contributed by atoms with E-state index in [0.717, 1.165) is 12.8 Å². The highest BCUT2D eigenvalue weighted by atomic mass is 16.4. The molecule has 20 heavy (non-hydrogen) atoms. The van der Waals surface area contributed by atoms with Gasteiger partial charge in [0.15, 0.2) is 0 Å². The minimum Gasteiger partial charge on any atom is -0.481 e. The van der Waals surface area contributed by atoms with Crippen LogP contribution in [-0.2, 0) is 14.4 Å². The summed E-state index contributed by atoms with van der Waals surface area (Å²) in [5.41, 5.74) is 0. The predicted molar refractivity (Wildman–Crippen MR) is 72.0 cm³/mol. The van der Waals surface area contributed by atoms with Gasteiger partial charge in [-0.15, -0.1) is 0 Å². The fourth-order valence-corrected chi connectivity index (χ4v) is 3.07. The third-order valence-electron chi connectivity index (χ3n) is 4.16. The highest BCUT2D eigenvalue weighted by molar-refractivity contribution is 5.89. The molecule has 6 nitrogen and oxygen atoms in total. The van der Waals surface area contributed by atoms with Gasteiger partial charge in [0.05, 0.1) is 5.92 Å². The van der Waals surface area contributed by atoms with E-state index in [1.807, 2.05) is 4.90 Å². The summed E-state index contributed by atoms with van der Waals surface area (Å²) in [4.78, 5) is 36.2. The van der Waals surface area contributed by atoms with Crippen molar-refractivity contribution in [3.05, 3.63) is 0 Å². The quantitative estimate of drug-likeness (QED) is 0.704. The Balaban J connectivity index is 1.74. The summed E-state index contributed by atoms with van der Waals surface area (Å²) in [6, 6.07) is 0.326. The Morgan fingerprint density at radius 2 is 2.00 bits per heavy atom. The molecule has 0 radical (unpaired) electrons. The van der Waals surface area contributed by atoms with Crippen LogP contribution in [0, 0.1) is 5.92 Å². The summed E-state index contributed by atoms with van der Waals surface area (Å²) in [5, 5.41) is 11.2. The maximum absolute atomic E-state index is 12.0. The van der Waals surface area contributed by atoms with Crippen LogP contribution in [0.1, 0.15) is 44.9 Å². The minimum atomic E-state index is -0.859. The molecule has 0 bridgehead atoms. The van der Waals surface area contributed by atoms with Gasteiger partial charge in [0, 0.05) is 32.0 Å². The Bertz CT molecular complexity index is 391. The number of nitrogens with one attached hydrogen (secondary N) is 1. The second-order valence-electron chi connectivity index (χ2n) is 5.67. The van der Waals surface area contributed by atoms with Gasteiger partial charge >= 0.3 is 5.97 Å². The lowest BCUT2D eigenvalue weighted by Gasteiger charge is -2.23. The number of carboxylic acids is 1. The molecule has 112 valence electrons.